The smallest absolute Gasteiger partial charge is 0.0720 e. The van der Waals surface area contributed by atoms with Crippen molar-refractivity contribution < 1.29 is 0 Å². The van der Waals surface area contributed by atoms with Crippen molar-refractivity contribution in [3.8, 4) is 44.5 Å². The molecule has 62 heavy (non-hydrogen) atoms. The first-order valence-corrected chi connectivity index (χ1v) is 22.0. The fraction of sp³-hybridized carbons (Fsp3) is 0.115. The van der Waals surface area contributed by atoms with Crippen molar-refractivity contribution >= 4 is 17.1 Å². The summed E-state index contributed by atoms with van der Waals surface area (Å²) in [7, 11) is 0. The van der Waals surface area contributed by atoms with Crippen LogP contribution in [0.2, 0.25) is 0 Å². The first-order valence-electron chi connectivity index (χ1n) is 22.0. The largest absolute Gasteiger partial charge is 0.310 e. The van der Waals surface area contributed by atoms with Crippen molar-refractivity contribution in [1.82, 2.24) is 0 Å². The SMILES string of the molecule is CC1(C)c2ccccc2-c2ccc(N(c3ccc4c(c3)C3(c5ccccc5-c5c(-c6ccccc6)cccc53)c3ccccc3C4(C)C)c3ccccc3-c3ccccc3)cc21. The molecule has 12 rings (SSSR count). The molecule has 0 saturated carbocycles. The average molecular weight is 794 g/mol. The van der Waals surface area contributed by atoms with Crippen LogP contribution in [0.3, 0.4) is 0 Å². The van der Waals surface area contributed by atoms with Crippen molar-refractivity contribution in [2.24, 2.45) is 0 Å². The molecule has 0 saturated heterocycles. The Morgan fingerprint density at radius 2 is 0.758 bits per heavy atom. The maximum atomic E-state index is 2.56. The number of benzene rings is 9. The number of nitrogens with zero attached hydrogens (tertiary/aromatic N) is 1. The van der Waals surface area contributed by atoms with E-state index in [-0.39, 0.29) is 10.8 Å². The van der Waals surface area contributed by atoms with E-state index in [1.807, 2.05) is 0 Å². The molecule has 1 spiro atoms. The Morgan fingerprint density at radius 1 is 0.290 bits per heavy atom. The van der Waals surface area contributed by atoms with Crippen LogP contribution in [0.1, 0.15) is 72.2 Å². The molecule has 0 aliphatic heterocycles. The minimum absolute atomic E-state index is 0.145. The van der Waals surface area contributed by atoms with Crippen LogP contribution in [0, 0.1) is 0 Å². The monoisotopic (exact) mass is 793 g/mol. The van der Waals surface area contributed by atoms with E-state index in [2.05, 4.69) is 245 Å². The van der Waals surface area contributed by atoms with Gasteiger partial charge in [0.2, 0.25) is 0 Å². The molecule has 9 aromatic rings. The summed E-state index contributed by atoms with van der Waals surface area (Å²) in [6, 6.07) is 79.8. The van der Waals surface area contributed by atoms with Crippen LogP contribution in [0.25, 0.3) is 44.5 Å². The Morgan fingerprint density at radius 3 is 1.48 bits per heavy atom. The molecule has 3 aliphatic rings. The zero-order valence-corrected chi connectivity index (χ0v) is 35.7. The summed E-state index contributed by atoms with van der Waals surface area (Å²) < 4.78 is 0. The third-order valence-electron chi connectivity index (χ3n) is 14.6. The van der Waals surface area contributed by atoms with Gasteiger partial charge < -0.3 is 4.90 Å². The second-order valence-electron chi connectivity index (χ2n) is 18.4. The van der Waals surface area contributed by atoms with Gasteiger partial charge in [0.1, 0.15) is 0 Å². The highest BCUT2D eigenvalue weighted by molar-refractivity contribution is 5.97. The summed E-state index contributed by atoms with van der Waals surface area (Å²) in [6.45, 7) is 9.60. The second-order valence-corrected chi connectivity index (χ2v) is 18.4. The van der Waals surface area contributed by atoms with Crippen molar-refractivity contribution in [3.05, 3.63) is 257 Å². The molecule has 9 aromatic carbocycles. The molecule has 1 atom stereocenters. The quantitative estimate of drug-likeness (QED) is 0.168. The summed E-state index contributed by atoms with van der Waals surface area (Å²) >= 11 is 0. The van der Waals surface area contributed by atoms with Crippen LogP contribution >= 0.6 is 0 Å². The van der Waals surface area contributed by atoms with Crippen molar-refractivity contribution in [1.29, 1.82) is 0 Å². The molecule has 0 N–H and O–H groups in total. The number of anilines is 3. The Kier molecular flexibility index (Phi) is 7.91. The summed E-state index contributed by atoms with van der Waals surface area (Å²) in [5.41, 5.74) is 23.5. The van der Waals surface area contributed by atoms with Gasteiger partial charge in [-0.05, 0) is 114 Å². The van der Waals surface area contributed by atoms with Crippen LogP contribution in [0.5, 0.6) is 0 Å². The van der Waals surface area contributed by atoms with Crippen LogP contribution in [-0.4, -0.2) is 0 Å². The molecule has 0 radical (unpaired) electrons. The van der Waals surface area contributed by atoms with E-state index in [4.69, 9.17) is 0 Å². The lowest BCUT2D eigenvalue weighted by atomic mass is 9.55. The van der Waals surface area contributed by atoms with Crippen LogP contribution in [0.4, 0.5) is 17.1 Å². The summed E-state index contributed by atoms with van der Waals surface area (Å²) in [5.74, 6) is 0. The van der Waals surface area contributed by atoms with Gasteiger partial charge in [-0.2, -0.15) is 0 Å². The third-order valence-corrected chi connectivity index (χ3v) is 14.6. The van der Waals surface area contributed by atoms with E-state index in [0.29, 0.717) is 0 Å². The zero-order chi connectivity index (χ0) is 41.8. The number of rotatable bonds is 5. The molecule has 0 heterocycles. The standard InChI is InChI=1S/C61H47N/c1-59(2)49-28-14-11-25-46(49)47-36-34-42(38-55(47)59)62(57-33-18-13-24-44(57)40-20-7-5-8-21-40)43-35-37-52-56(39-43)61(53-31-17-16-30-51(53)60(52,3)4)50-29-15-12-26-48(50)58-45(27-19-32-54(58)61)41-22-9-6-10-23-41/h5-39H,1-4H3. The number of hydrogen-bond donors (Lipinski definition) is 0. The van der Waals surface area contributed by atoms with Gasteiger partial charge in [0.15, 0.2) is 0 Å². The highest BCUT2D eigenvalue weighted by Crippen LogP contribution is 2.64. The summed E-state index contributed by atoms with van der Waals surface area (Å²) in [4.78, 5) is 2.53. The molecule has 0 amide bonds. The predicted molar refractivity (Wildman–Crippen MR) is 259 cm³/mol. The fourth-order valence-electron chi connectivity index (χ4n) is 11.7. The van der Waals surface area contributed by atoms with Gasteiger partial charge in [0, 0.05) is 27.8 Å². The highest BCUT2D eigenvalue weighted by atomic mass is 15.1. The van der Waals surface area contributed by atoms with E-state index < -0.39 is 5.41 Å². The molecular formula is C61H47N. The zero-order valence-electron chi connectivity index (χ0n) is 35.7. The lowest BCUT2D eigenvalue weighted by molar-refractivity contribution is 0.563. The summed E-state index contributed by atoms with van der Waals surface area (Å²) in [6.07, 6.45) is 0. The van der Waals surface area contributed by atoms with Gasteiger partial charge in [-0.15, -0.1) is 0 Å². The molecule has 1 unspecified atom stereocenters. The minimum Gasteiger partial charge on any atom is -0.310 e. The molecule has 3 aliphatic carbocycles. The van der Waals surface area contributed by atoms with E-state index in [1.54, 1.807) is 0 Å². The van der Waals surface area contributed by atoms with Crippen molar-refractivity contribution in [2.45, 2.75) is 43.9 Å². The van der Waals surface area contributed by atoms with Crippen molar-refractivity contribution in [3.63, 3.8) is 0 Å². The lowest BCUT2D eigenvalue weighted by Gasteiger charge is -2.47. The van der Waals surface area contributed by atoms with Gasteiger partial charge in [-0.25, -0.2) is 0 Å². The van der Waals surface area contributed by atoms with Gasteiger partial charge in [-0.1, -0.05) is 210 Å². The van der Waals surface area contributed by atoms with Crippen LogP contribution < -0.4 is 4.90 Å². The second kappa shape index (κ2) is 13.4. The van der Waals surface area contributed by atoms with Crippen LogP contribution in [-0.2, 0) is 16.2 Å². The Hall–Kier alpha value is -7.22. The topological polar surface area (TPSA) is 3.24 Å². The average Bonchev–Trinajstić information content (AvgIpc) is 3.75. The van der Waals surface area contributed by atoms with E-state index in [9.17, 15) is 0 Å². The molecule has 0 bridgehead atoms. The van der Waals surface area contributed by atoms with Gasteiger partial charge in [0.25, 0.3) is 0 Å². The van der Waals surface area contributed by atoms with Crippen LogP contribution in [0.15, 0.2) is 212 Å². The Bertz CT molecular complexity index is 3240. The number of fused-ring (bicyclic) bond motifs is 12. The first-order chi connectivity index (χ1) is 30.3. The molecular weight excluding hydrogens is 747 g/mol. The number of para-hydroxylation sites is 1. The van der Waals surface area contributed by atoms with E-state index in [1.165, 1.54) is 89.0 Å². The summed E-state index contributed by atoms with van der Waals surface area (Å²) in [5, 5.41) is 0. The Balaban J connectivity index is 1.17. The number of hydrogen-bond acceptors (Lipinski definition) is 1. The molecule has 296 valence electrons. The van der Waals surface area contributed by atoms with Gasteiger partial charge in [-0.3, -0.25) is 0 Å². The lowest BCUT2D eigenvalue weighted by Crippen LogP contribution is -2.40. The maximum absolute atomic E-state index is 2.56. The third kappa shape index (κ3) is 4.97. The molecule has 0 fully saturated rings. The van der Waals surface area contributed by atoms with E-state index >= 15 is 0 Å². The van der Waals surface area contributed by atoms with Gasteiger partial charge in [0.05, 0.1) is 11.1 Å². The molecule has 0 aromatic heterocycles. The minimum atomic E-state index is -0.555. The van der Waals surface area contributed by atoms with Gasteiger partial charge >= 0.3 is 0 Å². The maximum Gasteiger partial charge on any atom is 0.0720 e. The predicted octanol–water partition coefficient (Wildman–Crippen LogP) is 15.8. The van der Waals surface area contributed by atoms with Crippen molar-refractivity contribution in [2.75, 3.05) is 4.90 Å². The fourth-order valence-corrected chi connectivity index (χ4v) is 11.7. The Labute approximate surface area is 365 Å². The highest BCUT2D eigenvalue weighted by Gasteiger charge is 2.54. The normalized spacial score (nSPS) is 16.7. The van der Waals surface area contributed by atoms with E-state index in [0.717, 1.165) is 17.1 Å². The molecule has 1 heteroatoms. The first kappa shape index (κ1) is 36.6. The molecule has 1 nitrogen and oxygen atoms in total.